The minimum atomic E-state index is -0.612. The molecule has 2 aromatic carbocycles. The van der Waals surface area contributed by atoms with Gasteiger partial charge in [0.25, 0.3) is 5.56 Å². The van der Waals surface area contributed by atoms with E-state index in [0.29, 0.717) is 10.6 Å². The number of nitrogens with zero attached hydrogens (tertiary/aromatic N) is 1. The third-order valence-corrected chi connectivity index (χ3v) is 4.72. The molecule has 0 bridgehead atoms. The number of benzene rings is 2. The van der Waals surface area contributed by atoms with Gasteiger partial charge in [-0.1, -0.05) is 42.5 Å². The summed E-state index contributed by atoms with van der Waals surface area (Å²) in [6.07, 6.45) is 0. The van der Waals surface area contributed by atoms with Crippen LogP contribution in [0.2, 0.25) is 0 Å². The minimum Gasteiger partial charge on any atom is -0.493 e. The predicted molar refractivity (Wildman–Crippen MR) is 93.3 cm³/mol. The molecule has 24 heavy (non-hydrogen) atoms. The number of aromatic amines is 1. The molecule has 4 rings (SSSR count). The Hall–Kier alpha value is -3.12. The monoisotopic (exact) mass is 336 g/mol. The number of aromatic hydroxyl groups is 1. The van der Waals surface area contributed by atoms with Crippen molar-refractivity contribution in [2.45, 2.75) is 0 Å². The second kappa shape index (κ2) is 5.50. The van der Waals surface area contributed by atoms with E-state index in [9.17, 15) is 14.7 Å². The number of nitrogens with one attached hydrogen (secondary N) is 1. The Kier molecular flexibility index (Phi) is 3.32. The summed E-state index contributed by atoms with van der Waals surface area (Å²) in [5, 5.41) is 16.6. The van der Waals surface area contributed by atoms with Gasteiger partial charge in [-0.15, -0.1) is 11.3 Å². The number of thiophene rings is 1. The first-order chi connectivity index (χ1) is 11.7. The highest BCUT2D eigenvalue weighted by Gasteiger charge is 2.24. The van der Waals surface area contributed by atoms with E-state index in [1.54, 1.807) is 23.6 Å². The van der Waals surface area contributed by atoms with Gasteiger partial charge in [-0.05, 0) is 22.9 Å². The molecule has 0 saturated carbocycles. The third kappa shape index (κ3) is 2.16. The van der Waals surface area contributed by atoms with Crippen molar-refractivity contribution in [2.24, 2.45) is 0 Å². The average molecular weight is 336 g/mol. The molecule has 0 amide bonds. The highest BCUT2D eigenvalue weighted by molar-refractivity contribution is 7.12. The molecule has 0 unspecified atom stereocenters. The minimum absolute atomic E-state index is 0.245. The average Bonchev–Trinajstić information content (AvgIpc) is 3.22. The van der Waals surface area contributed by atoms with Crippen LogP contribution in [0, 0.1) is 0 Å². The van der Waals surface area contributed by atoms with Gasteiger partial charge in [-0.2, -0.15) is 0 Å². The van der Waals surface area contributed by atoms with Crippen LogP contribution in [0.3, 0.4) is 0 Å². The third-order valence-electron chi connectivity index (χ3n) is 3.86. The standard InChI is InChI=1S/C18H12N2O3S/c21-16(14-9-4-10-24-14)15-17(22)19-20(18(15)23)13-8-3-6-11-5-1-2-7-12(11)13/h1-10,23H,(H,19,22). The molecule has 2 aromatic heterocycles. The lowest BCUT2D eigenvalue weighted by Gasteiger charge is -2.08. The van der Waals surface area contributed by atoms with Crippen LogP contribution in [-0.4, -0.2) is 20.7 Å². The van der Waals surface area contributed by atoms with Gasteiger partial charge in [-0.3, -0.25) is 14.7 Å². The smallest absolute Gasteiger partial charge is 0.279 e. The van der Waals surface area contributed by atoms with Gasteiger partial charge in [0, 0.05) is 5.39 Å². The van der Waals surface area contributed by atoms with Gasteiger partial charge < -0.3 is 5.11 Å². The number of H-pyrrole nitrogens is 1. The summed E-state index contributed by atoms with van der Waals surface area (Å²) in [6, 6.07) is 16.5. The maximum Gasteiger partial charge on any atom is 0.279 e. The van der Waals surface area contributed by atoms with E-state index in [4.69, 9.17) is 0 Å². The predicted octanol–water partition coefficient (Wildman–Crippen LogP) is 3.32. The molecular weight excluding hydrogens is 324 g/mol. The molecule has 0 radical (unpaired) electrons. The number of aromatic nitrogens is 2. The van der Waals surface area contributed by atoms with E-state index >= 15 is 0 Å². The topological polar surface area (TPSA) is 75.1 Å². The Morgan fingerprint density at radius 3 is 2.62 bits per heavy atom. The number of hydrogen-bond acceptors (Lipinski definition) is 4. The van der Waals surface area contributed by atoms with E-state index in [2.05, 4.69) is 5.10 Å². The van der Waals surface area contributed by atoms with Crippen molar-refractivity contribution in [3.63, 3.8) is 0 Å². The molecule has 0 spiro atoms. The number of hydrogen-bond donors (Lipinski definition) is 2. The molecule has 0 aliphatic rings. The van der Waals surface area contributed by atoms with Crippen LogP contribution >= 0.6 is 11.3 Å². The molecule has 6 heteroatoms. The highest BCUT2D eigenvalue weighted by atomic mass is 32.1. The number of ketones is 1. The lowest BCUT2D eigenvalue weighted by Crippen LogP contribution is -2.12. The van der Waals surface area contributed by atoms with Crippen molar-refractivity contribution in [3.8, 4) is 11.6 Å². The van der Waals surface area contributed by atoms with Gasteiger partial charge >= 0.3 is 0 Å². The van der Waals surface area contributed by atoms with Crippen LogP contribution in [0.25, 0.3) is 16.5 Å². The van der Waals surface area contributed by atoms with Crippen molar-refractivity contribution < 1.29 is 9.90 Å². The quantitative estimate of drug-likeness (QED) is 0.564. The Bertz CT molecular complexity index is 1100. The molecule has 0 fully saturated rings. The van der Waals surface area contributed by atoms with Gasteiger partial charge in [0.1, 0.15) is 0 Å². The summed E-state index contributed by atoms with van der Waals surface area (Å²) in [5.74, 6) is -0.863. The van der Waals surface area contributed by atoms with Crippen molar-refractivity contribution in [3.05, 3.63) is 80.8 Å². The molecule has 0 atom stereocenters. The van der Waals surface area contributed by atoms with Crippen LogP contribution in [0.15, 0.2) is 64.8 Å². The molecular formula is C18H12N2O3S. The summed E-state index contributed by atoms with van der Waals surface area (Å²) in [6.45, 7) is 0. The lowest BCUT2D eigenvalue weighted by atomic mass is 10.1. The number of carbonyl (C=O) groups is 1. The summed E-state index contributed by atoms with van der Waals surface area (Å²) in [4.78, 5) is 25.1. The number of fused-ring (bicyclic) bond motifs is 1. The first-order valence-electron chi connectivity index (χ1n) is 7.27. The van der Waals surface area contributed by atoms with Crippen LogP contribution in [0.1, 0.15) is 15.2 Å². The molecule has 0 aliphatic carbocycles. The summed E-state index contributed by atoms with van der Waals surface area (Å²) >= 11 is 1.23. The van der Waals surface area contributed by atoms with Gasteiger partial charge in [0.2, 0.25) is 11.7 Å². The van der Waals surface area contributed by atoms with Gasteiger partial charge in [0.15, 0.2) is 5.56 Å². The summed E-state index contributed by atoms with van der Waals surface area (Å²) < 4.78 is 1.26. The fraction of sp³-hybridized carbons (Fsp3) is 0. The Balaban J connectivity index is 1.93. The molecule has 2 heterocycles. The van der Waals surface area contributed by atoms with E-state index in [0.717, 1.165) is 10.8 Å². The van der Waals surface area contributed by atoms with Crippen LogP contribution in [0.4, 0.5) is 0 Å². The second-order valence-electron chi connectivity index (χ2n) is 5.28. The molecule has 4 aromatic rings. The largest absolute Gasteiger partial charge is 0.493 e. The first kappa shape index (κ1) is 14.5. The van der Waals surface area contributed by atoms with Gasteiger partial charge in [-0.25, -0.2) is 4.68 Å². The maximum atomic E-state index is 12.5. The number of rotatable bonds is 3. The van der Waals surface area contributed by atoms with Crippen molar-refractivity contribution in [1.29, 1.82) is 0 Å². The van der Waals surface area contributed by atoms with E-state index in [-0.39, 0.29) is 11.4 Å². The molecule has 118 valence electrons. The Morgan fingerprint density at radius 1 is 1.04 bits per heavy atom. The number of carbonyl (C=O) groups excluding carboxylic acids is 1. The van der Waals surface area contributed by atoms with Crippen LogP contribution in [0.5, 0.6) is 5.88 Å². The first-order valence-corrected chi connectivity index (χ1v) is 8.15. The lowest BCUT2D eigenvalue weighted by molar-refractivity contribution is 0.103. The van der Waals surface area contributed by atoms with E-state index in [1.807, 2.05) is 36.4 Å². The van der Waals surface area contributed by atoms with Crippen LogP contribution < -0.4 is 5.56 Å². The zero-order valence-electron chi connectivity index (χ0n) is 12.4. The van der Waals surface area contributed by atoms with Crippen molar-refractivity contribution in [1.82, 2.24) is 9.78 Å². The summed E-state index contributed by atoms with van der Waals surface area (Å²) in [5.41, 5.74) is -0.253. The van der Waals surface area contributed by atoms with Crippen molar-refractivity contribution >= 4 is 27.9 Å². The van der Waals surface area contributed by atoms with Crippen molar-refractivity contribution in [2.75, 3.05) is 0 Å². The van der Waals surface area contributed by atoms with Gasteiger partial charge in [0.05, 0.1) is 10.6 Å². The highest BCUT2D eigenvalue weighted by Crippen LogP contribution is 2.27. The molecule has 0 saturated heterocycles. The zero-order chi connectivity index (χ0) is 16.7. The maximum absolute atomic E-state index is 12.5. The Labute approximate surface area is 140 Å². The second-order valence-corrected chi connectivity index (χ2v) is 6.23. The normalized spacial score (nSPS) is 11.0. The molecule has 2 N–H and O–H groups in total. The van der Waals surface area contributed by atoms with Crippen LogP contribution in [-0.2, 0) is 0 Å². The van der Waals surface area contributed by atoms with E-state index < -0.39 is 11.3 Å². The molecule has 5 nitrogen and oxygen atoms in total. The molecule has 0 aliphatic heterocycles. The zero-order valence-corrected chi connectivity index (χ0v) is 13.2. The fourth-order valence-corrected chi connectivity index (χ4v) is 3.41. The Morgan fingerprint density at radius 2 is 1.83 bits per heavy atom. The SMILES string of the molecule is O=C(c1cccs1)c1c(O)n(-c2cccc3ccccc23)[nH]c1=O. The fourth-order valence-electron chi connectivity index (χ4n) is 2.74. The summed E-state index contributed by atoms with van der Waals surface area (Å²) in [7, 11) is 0. The van der Waals surface area contributed by atoms with E-state index in [1.165, 1.54) is 16.0 Å².